The Morgan fingerprint density at radius 1 is 0.736 bits per heavy atom. The number of hydrogen-bond donors (Lipinski definition) is 3. The Labute approximate surface area is 313 Å². The minimum absolute atomic E-state index is 0.0406. The van der Waals surface area contributed by atoms with Gasteiger partial charge in [0.1, 0.15) is 18.5 Å². The van der Waals surface area contributed by atoms with E-state index in [4.69, 9.17) is 9.47 Å². The number of carbonyl (C=O) groups is 3. The van der Waals surface area contributed by atoms with Gasteiger partial charge in [0.05, 0.1) is 31.0 Å². The molecule has 2 amide bonds. The SMILES string of the molecule is C=CCCC[C@H](Cc1ccccc1)C(=O)O[C@H](CNC(=O)[C@H](CC=C)CC(=O)N[C@H](CO)Cc1ccc(OCc2ccccc2)cc1)c1ccccc1. The summed E-state index contributed by atoms with van der Waals surface area (Å²) in [6.07, 6.45) is 6.10. The van der Waals surface area contributed by atoms with E-state index in [0.29, 0.717) is 25.9 Å². The van der Waals surface area contributed by atoms with Gasteiger partial charge in [-0.1, -0.05) is 115 Å². The summed E-state index contributed by atoms with van der Waals surface area (Å²) in [5.41, 5.74) is 3.80. The monoisotopic (exact) mass is 716 g/mol. The highest BCUT2D eigenvalue weighted by Gasteiger charge is 2.27. The molecule has 0 radical (unpaired) electrons. The van der Waals surface area contributed by atoms with Crippen molar-refractivity contribution in [3.8, 4) is 5.75 Å². The van der Waals surface area contributed by atoms with Gasteiger partial charge in [0.2, 0.25) is 11.8 Å². The highest BCUT2D eigenvalue weighted by Crippen LogP contribution is 2.24. The fourth-order valence-electron chi connectivity index (χ4n) is 6.08. The smallest absolute Gasteiger partial charge is 0.309 e. The summed E-state index contributed by atoms with van der Waals surface area (Å²) in [4.78, 5) is 40.3. The Morgan fingerprint density at radius 2 is 1.36 bits per heavy atom. The van der Waals surface area contributed by atoms with E-state index in [2.05, 4.69) is 23.8 Å². The maximum atomic E-state index is 13.7. The number of esters is 1. The van der Waals surface area contributed by atoms with Gasteiger partial charge in [-0.3, -0.25) is 14.4 Å². The van der Waals surface area contributed by atoms with E-state index in [0.717, 1.165) is 40.8 Å². The summed E-state index contributed by atoms with van der Waals surface area (Å²) in [6, 6.07) is 36.1. The molecule has 0 saturated carbocycles. The van der Waals surface area contributed by atoms with Crippen molar-refractivity contribution in [1.82, 2.24) is 10.6 Å². The maximum absolute atomic E-state index is 13.7. The number of nitrogens with one attached hydrogen (secondary N) is 2. The van der Waals surface area contributed by atoms with Crippen LogP contribution < -0.4 is 15.4 Å². The van der Waals surface area contributed by atoms with E-state index >= 15 is 0 Å². The van der Waals surface area contributed by atoms with Crippen LogP contribution in [0, 0.1) is 11.8 Å². The first kappa shape index (κ1) is 40.3. The molecule has 3 N–H and O–H groups in total. The van der Waals surface area contributed by atoms with Gasteiger partial charge in [0.25, 0.3) is 0 Å². The zero-order valence-electron chi connectivity index (χ0n) is 30.4. The van der Waals surface area contributed by atoms with Crippen LogP contribution in [0.4, 0.5) is 0 Å². The van der Waals surface area contributed by atoms with Crippen molar-refractivity contribution in [2.45, 2.75) is 63.7 Å². The van der Waals surface area contributed by atoms with Crippen LogP contribution in [-0.2, 0) is 38.6 Å². The van der Waals surface area contributed by atoms with E-state index in [1.165, 1.54) is 0 Å². The normalized spacial score (nSPS) is 13.1. The predicted octanol–water partition coefficient (Wildman–Crippen LogP) is 7.48. The van der Waals surface area contributed by atoms with Crippen molar-refractivity contribution < 1.29 is 29.0 Å². The average molecular weight is 717 g/mol. The standard InChI is InChI=1S/C45H52N2O6/c1-3-5-9-23-39(28-34-17-10-6-11-18-34)45(51)53-42(37-21-14-8-15-22-37)31-46-44(50)38(16-4-2)30-43(49)47-40(32-48)29-35-24-26-41(27-25-35)52-33-36-19-12-7-13-20-36/h3-4,6-8,10-15,17-22,24-27,38-40,42,48H,1-2,5,9,16,23,28-33H2,(H,46,50)(H,47,49)/t38-,39-,40+,42-/m1/s1. The molecule has 0 spiro atoms. The highest BCUT2D eigenvalue weighted by atomic mass is 16.5. The molecular formula is C45H52N2O6. The second-order valence-electron chi connectivity index (χ2n) is 13.2. The van der Waals surface area contributed by atoms with Crippen LogP contribution in [0.15, 0.2) is 141 Å². The molecule has 0 heterocycles. The molecule has 278 valence electrons. The second kappa shape index (κ2) is 22.5. The van der Waals surface area contributed by atoms with E-state index in [9.17, 15) is 19.5 Å². The Kier molecular flexibility index (Phi) is 17.1. The molecule has 0 aliphatic heterocycles. The van der Waals surface area contributed by atoms with Gasteiger partial charge in [0.15, 0.2) is 0 Å². The fourth-order valence-corrected chi connectivity index (χ4v) is 6.08. The van der Waals surface area contributed by atoms with Gasteiger partial charge in [-0.2, -0.15) is 0 Å². The number of unbranched alkanes of at least 4 members (excludes halogenated alkanes) is 1. The molecule has 8 nitrogen and oxygen atoms in total. The molecule has 8 heteroatoms. The number of rotatable bonds is 23. The first-order valence-corrected chi connectivity index (χ1v) is 18.3. The largest absolute Gasteiger partial charge is 0.489 e. The molecule has 4 aromatic carbocycles. The summed E-state index contributed by atoms with van der Waals surface area (Å²) in [7, 11) is 0. The Morgan fingerprint density at radius 3 is 1.98 bits per heavy atom. The summed E-state index contributed by atoms with van der Waals surface area (Å²) >= 11 is 0. The van der Waals surface area contributed by atoms with Gasteiger partial charge in [-0.05, 0) is 72.9 Å². The third-order valence-electron chi connectivity index (χ3n) is 9.00. The van der Waals surface area contributed by atoms with E-state index in [1.807, 2.05) is 121 Å². The van der Waals surface area contributed by atoms with Gasteiger partial charge in [-0.15, -0.1) is 13.2 Å². The van der Waals surface area contributed by atoms with Crippen molar-refractivity contribution in [2.24, 2.45) is 11.8 Å². The summed E-state index contributed by atoms with van der Waals surface area (Å²) in [5, 5.41) is 15.9. The van der Waals surface area contributed by atoms with E-state index in [1.54, 1.807) is 6.08 Å². The van der Waals surface area contributed by atoms with Crippen LogP contribution in [0.2, 0.25) is 0 Å². The van der Waals surface area contributed by atoms with Crippen molar-refractivity contribution in [2.75, 3.05) is 13.2 Å². The minimum atomic E-state index is -0.725. The molecule has 4 aromatic rings. The molecule has 4 rings (SSSR count). The van der Waals surface area contributed by atoms with E-state index in [-0.39, 0.29) is 49.7 Å². The molecule has 0 saturated heterocycles. The lowest BCUT2D eigenvalue weighted by Gasteiger charge is -2.24. The molecule has 53 heavy (non-hydrogen) atoms. The van der Waals surface area contributed by atoms with Crippen molar-refractivity contribution >= 4 is 17.8 Å². The summed E-state index contributed by atoms with van der Waals surface area (Å²) in [6.45, 7) is 7.83. The topological polar surface area (TPSA) is 114 Å². The van der Waals surface area contributed by atoms with Crippen LogP contribution >= 0.6 is 0 Å². The van der Waals surface area contributed by atoms with Crippen molar-refractivity contribution in [1.29, 1.82) is 0 Å². The second-order valence-corrected chi connectivity index (χ2v) is 13.2. The Bertz CT molecular complexity index is 1700. The number of allylic oxidation sites excluding steroid dienone is 2. The fraction of sp³-hybridized carbons (Fsp3) is 0.311. The van der Waals surface area contributed by atoms with Crippen LogP contribution in [-0.4, -0.2) is 42.1 Å². The number of amides is 2. The van der Waals surface area contributed by atoms with Crippen LogP contribution in [0.3, 0.4) is 0 Å². The lowest BCUT2D eigenvalue weighted by molar-refractivity contribution is -0.155. The Hall–Kier alpha value is -5.47. The number of carbonyl (C=O) groups excluding carboxylic acids is 3. The number of ether oxygens (including phenoxy) is 2. The highest BCUT2D eigenvalue weighted by molar-refractivity contribution is 5.86. The lowest BCUT2D eigenvalue weighted by atomic mass is 9.94. The van der Waals surface area contributed by atoms with Crippen LogP contribution in [0.25, 0.3) is 0 Å². The number of aliphatic hydroxyl groups excluding tert-OH is 1. The zero-order chi connectivity index (χ0) is 37.7. The van der Waals surface area contributed by atoms with Crippen molar-refractivity contribution in [3.05, 3.63) is 163 Å². The first-order chi connectivity index (χ1) is 25.9. The molecule has 0 aromatic heterocycles. The molecule has 0 aliphatic carbocycles. The molecule has 0 aliphatic rings. The average Bonchev–Trinajstić information content (AvgIpc) is 3.19. The van der Waals surface area contributed by atoms with E-state index < -0.39 is 18.1 Å². The number of hydrogen-bond acceptors (Lipinski definition) is 6. The molecule has 0 fully saturated rings. The molecular weight excluding hydrogens is 665 g/mol. The molecule has 0 bridgehead atoms. The summed E-state index contributed by atoms with van der Waals surface area (Å²) < 4.78 is 12.0. The predicted molar refractivity (Wildman–Crippen MR) is 209 cm³/mol. The number of benzene rings is 4. The number of aliphatic hydroxyl groups is 1. The van der Waals surface area contributed by atoms with Gasteiger partial charge < -0.3 is 25.2 Å². The first-order valence-electron chi connectivity index (χ1n) is 18.3. The lowest BCUT2D eigenvalue weighted by Crippen LogP contribution is -2.42. The van der Waals surface area contributed by atoms with Gasteiger partial charge in [0, 0.05) is 6.42 Å². The quantitative estimate of drug-likeness (QED) is 0.0417. The van der Waals surface area contributed by atoms with Crippen molar-refractivity contribution in [3.63, 3.8) is 0 Å². The van der Waals surface area contributed by atoms with Gasteiger partial charge in [-0.25, -0.2) is 0 Å². The maximum Gasteiger partial charge on any atom is 0.309 e. The minimum Gasteiger partial charge on any atom is -0.489 e. The third-order valence-corrected chi connectivity index (χ3v) is 9.00. The summed E-state index contributed by atoms with van der Waals surface area (Å²) in [5.74, 6) is -1.38. The van der Waals surface area contributed by atoms with Crippen LogP contribution in [0.5, 0.6) is 5.75 Å². The zero-order valence-corrected chi connectivity index (χ0v) is 30.4. The van der Waals surface area contributed by atoms with Gasteiger partial charge >= 0.3 is 5.97 Å². The Balaban J connectivity index is 1.33. The molecule has 4 atom stereocenters. The third kappa shape index (κ3) is 14.2. The van der Waals surface area contributed by atoms with Crippen LogP contribution in [0.1, 0.15) is 60.5 Å². The molecule has 0 unspecified atom stereocenters.